The largest absolute Gasteiger partial charge is 0.496 e. The highest BCUT2D eigenvalue weighted by molar-refractivity contribution is 5.71. The van der Waals surface area contributed by atoms with E-state index in [0.717, 1.165) is 35.5 Å². The van der Waals surface area contributed by atoms with Crippen molar-refractivity contribution >= 4 is 11.8 Å². The highest BCUT2D eigenvalue weighted by atomic mass is 16.6. The van der Waals surface area contributed by atoms with Crippen molar-refractivity contribution in [2.45, 2.75) is 45.8 Å². The fourth-order valence-electron chi connectivity index (χ4n) is 2.56. The van der Waals surface area contributed by atoms with Crippen molar-refractivity contribution in [3.8, 4) is 5.75 Å². The molecule has 116 valence electrons. The van der Waals surface area contributed by atoms with E-state index in [2.05, 4.69) is 10.6 Å². The molecule has 2 N–H and O–H groups in total. The number of methoxy groups -OCH3 is 1. The molecule has 0 bridgehead atoms. The van der Waals surface area contributed by atoms with Crippen LogP contribution in [0.15, 0.2) is 12.1 Å². The van der Waals surface area contributed by atoms with Gasteiger partial charge in [-0.25, -0.2) is 4.79 Å². The van der Waals surface area contributed by atoms with Gasteiger partial charge in [-0.3, -0.25) is 0 Å². The van der Waals surface area contributed by atoms with Crippen molar-refractivity contribution in [1.29, 1.82) is 0 Å². The zero-order valence-electron chi connectivity index (χ0n) is 13.4. The summed E-state index contributed by atoms with van der Waals surface area (Å²) < 4.78 is 10.7. The monoisotopic (exact) mass is 292 g/mol. The number of fused-ring (bicyclic) bond motifs is 1. The molecule has 1 aromatic rings. The fourth-order valence-corrected chi connectivity index (χ4v) is 2.56. The number of hydrogen-bond donors (Lipinski definition) is 2. The van der Waals surface area contributed by atoms with Gasteiger partial charge in [-0.2, -0.15) is 0 Å². The van der Waals surface area contributed by atoms with E-state index >= 15 is 0 Å². The molecule has 5 heteroatoms. The van der Waals surface area contributed by atoms with Gasteiger partial charge < -0.3 is 20.1 Å². The first-order valence-electron chi connectivity index (χ1n) is 7.22. The summed E-state index contributed by atoms with van der Waals surface area (Å²) in [5, 5.41) is 6.34. The molecule has 0 aliphatic carbocycles. The molecule has 0 saturated carbocycles. The second kappa shape index (κ2) is 5.84. The molecular formula is C16H24N2O3. The molecule has 1 aliphatic heterocycles. The van der Waals surface area contributed by atoms with Crippen molar-refractivity contribution in [1.82, 2.24) is 5.32 Å². The average molecular weight is 292 g/mol. The molecule has 0 spiro atoms. The summed E-state index contributed by atoms with van der Waals surface area (Å²) in [7, 11) is 1.66. The first-order valence-corrected chi connectivity index (χ1v) is 7.22. The lowest BCUT2D eigenvalue weighted by atomic mass is 9.95. The lowest BCUT2D eigenvalue weighted by molar-refractivity contribution is 0.0501. The summed E-state index contributed by atoms with van der Waals surface area (Å²) in [6, 6.07) is 3.89. The van der Waals surface area contributed by atoms with Gasteiger partial charge in [-0.05, 0) is 45.7 Å². The first kappa shape index (κ1) is 15.5. The maximum atomic E-state index is 12.0. The Morgan fingerprint density at radius 3 is 2.71 bits per heavy atom. The summed E-state index contributed by atoms with van der Waals surface area (Å²) in [5.41, 5.74) is 2.69. The number of amides is 1. The molecule has 1 atom stereocenters. The summed E-state index contributed by atoms with van der Waals surface area (Å²) in [6.07, 6.45) is 0.451. The molecule has 5 nitrogen and oxygen atoms in total. The Morgan fingerprint density at radius 2 is 2.10 bits per heavy atom. The molecule has 1 aromatic carbocycles. The predicted molar refractivity (Wildman–Crippen MR) is 82.9 cm³/mol. The van der Waals surface area contributed by atoms with Crippen molar-refractivity contribution in [2.75, 3.05) is 19.0 Å². The third kappa shape index (κ3) is 3.60. The molecule has 21 heavy (non-hydrogen) atoms. The smallest absolute Gasteiger partial charge is 0.408 e. The van der Waals surface area contributed by atoms with Gasteiger partial charge in [0, 0.05) is 17.8 Å². The van der Waals surface area contributed by atoms with E-state index in [4.69, 9.17) is 9.47 Å². The van der Waals surface area contributed by atoms with Crippen molar-refractivity contribution in [2.24, 2.45) is 0 Å². The van der Waals surface area contributed by atoms with E-state index in [1.807, 2.05) is 39.8 Å². The number of benzene rings is 1. The van der Waals surface area contributed by atoms with E-state index in [0.29, 0.717) is 0 Å². The zero-order chi connectivity index (χ0) is 15.6. The van der Waals surface area contributed by atoms with E-state index in [-0.39, 0.29) is 12.1 Å². The van der Waals surface area contributed by atoms with Crippen LogP contribution in [0.5, 0.6) is 5.75 Å². The number of alkyl carbamates (subject to hydrolysis) is 1. The highest BCUT2D eigenvalue weighted by Gasteiger charge is 2.26. The average Bonchev–Trinajstić information content (AvgIpc) is 2.38. The van der Waals surface area contributed by atoms with Crippen LogP contribution in [-0.4, -0.2) is 25.3 Å². The maximum Gasteiger partial charge on any atom is 0.408 e. The third-order valence-electron chi connectivity index (χ3n) is 3.47. The van der Waals surface area contributed by atoms with Gasteiger partial charge in [-0.1, -0.05) is 6.07 Å². The number of carbonyl (C=O) groups excluding carboxylic acids is 1. The minimum atomic E-state index is -0.490. The maximum absolute atomic E-state index is 12.0. The van der Waals surface area contributed by atoms with E-state index in [1.165, 1.54) is 0 Å². The summed E-state index contributed by atoms with van der Waals surface area (Å²) in [4.78, 5) is 12.0. The number of carbonyl (C=O) groups is 1. The molecular weight excluding hydrogens is 268 g/mol. The molecule has 1 heterocycles. The van der Waals surface area contributed by atoms with Crippen molar-refractivity contribution in [3.63, 3.8) is 0 Å². The molecule has 0 radical (unpaired) electrons. The zero-order valence-corrected chi connectivity index (χ0v) is 13.4. The number of anilines is 1. The topological polar surface area (TPSA) is 59.6 Å². The summed E-state index contributed by atoms with van der Waals surface area (Å²) >= 11 is 0. The Balaban J connectivity index is 2.19. The molecule has 2 rings (SSSR count). The van der Waals surface area contributed by atoms with Gasteiger partial charge in [0.05, 0.1) is 13.2 Å². The van der Waals surface area contributed by atoms with Crippen LogP contribution in [0, 0.1) is 6.92 Å². The Bertz CT molecular complexity index is 535. The standard InChI is InChI=1S/C16H24N2O3/c1-10-13(20-5)7-6-11-12(8-9-17-14(10)11)18-15(19)21-16(2,3)4/h6-7,12,17H,8-9H2,1-5H3,(H,18,19). The van der Waals surface area contributed by atoms with Gasteiger partial charge in [0.2, 0.25) is 0 Å². The number of ether oxygens (including phenoxy) is 2. The predicted octanol–water partition coefficient (Wildman–Crippen LogP) is 3.39. The summed E-state index contributed by atoms with van der Waals surface area (Å²) in [6.45, 7) is 8.40. The van der Waals surface area contributed by atoms with Gasteiger partial charge in [0.25, 0.3) is 0 Å². The Hall–Kier alpha value is -1.91. The van der Waals surface area contributed by atoms with Gasteiger partial charge in [-0.15, -0.1) is 0 Å². The number of nitrogens with one attached hydrogen (secondary N) is 2. The first-order chi connectivity index (χ1) is 9.81. The van der Waals surface area contributed by atoms with E-state index < -0.39 is 5.60 Å². The van der Waals surface area contributed by atoms with E-state index in [1.54, 1.807) is 7.11 Å². The molecule has 0 aromatic heterocycles. The van der Waals surface area contributed by atoms with Crippen LogP contribution < -0.4 is 15.4 Å². The molecule has 1 aliphatic rings. The Morgan fingerprint density at radius 1 is 1.38 bits per heavy atom. The SMILES string of the molecule is COc1ccc2c(c1C)NCCC2NC(=O)OC(C)(C)C. The van der Waals surface area contributed by atoms with Crippen LogP contribution in [0.1, 0.15) is 44.4 Å². The Labute approximate surface area is 126 Å². The van der Waals surface area contributed by atoms with Crippen LogP contribution in [0.25, 0.3) is 0 Å². The highest BCUT2D eigenvalue weighted by Crippen LogP contribution is 2.36. The summed E-state index contributed by atoms with van der Waals surface area (Å²) in [5.74, 6) is 0.846. The minimum absolute atomic E-state index is 0.0410. The lowest BCUT2D eigenvalue weighted by Gasteiger charge is -2.30. The minimum Gasteiger partial charge on any atom is -0.496 e. The van der Waals surface area contributed by atoms with Gasteiger partial charge in [0.15, 0.2) is 0 Å². The quantitative estimate of drug-likeness (QED) is 0.877. The van der Waals surface area contributed by atoms with Crippen LogP contribution in [0.2, 0.25) is 0 Å². The lowest BCUT2D eigenvalue weighted by Crippen LogP contribution is -2.37. The fraction of sp³-hybridized carbons (Fsp3) is 0.562. The van der Waals surface area contributed by atoms with Crippen LogP contribution in [0.3, 0.4) is 0 Å². The second-order valence-electron chi connectivity index (χ2n) is 6.27. The normalized spacial score (nSPS) is 17.5. The van der Waals surface area contributed by atoms with Gasteiger partial charge >= 0.3 is 6.09 Å². The van der Waals surface area contributed by atoms with Crippen molar-refractivity contribution in [3.05, 3.63) is 23.3 Å². The second-order valence-corrected chi connectivity index (χ2v) is 6.27. The third-order valence-corrected chi connectivity index (χ3v) is 3.47. The molecule has 0 fully saturated rings. The van der Waals surface area contributed by atoms with Crippen LogP contribution in [-0.2, 0) is 4.74 Å². The molecule has 1 amide bonds. The molecule has 0 saturated heterocycles. The number of rotatable bonds is 2. The van der Waals surface area contributed by atoms with Crippen LogP contribution in [0.4, 0.5) is 10.5 Å². The number of hydrogen-bond acceptors (Lipinski definition) is 4. The molecule has 1 unspecified atom stereocenters. The van der Waals surface area contributed by atoms with Crippen LogP contribution >= 0.6 is 0 Å². The Kier molecular flexibility index (Phi) is 4.30. The van der Waals surface area contributed by atoms with Crippen molar-refractivity contribution < 1.29 is 14.3 Å². The van der Waals surface area contributed by atoms with Gasteiger partial charge in [0.1, 0.15) is 11.4 Å². The van der Waals surface area contributed by atoms with E-state index in [9.17, 15) is 4.79 Å².